The van der Waals surface area contributed by atoms with Crippen LogP contribution in [0.1, 0.15) is 31.1 Å². The first-order valence-corrected chi connectivity index (χ1v) is 7.49. The molecule has 0 unspecified atom stereocenters. The van der Waals surface area contributed by atoms with Crippen LogP contribution in [0, 0.1) is 5.82 Å². The quantitative estimate of drug-likeness (QED) is 0.803. The fourth-order valence-corrected chi connectivity index (χ4v) is 2.30. The number of nitrogens with two attached hydrogens (primary N) is 1. The van der Waals surface area contributed by atoms with Gasteiger partial charge in [0, 0.05) is 31.9 Å². The van der Waals surface area contributed by atoms with E-state index in [9.17, 15) is 14.0 Å². The van der Waals surface area contributed by atoms with Gasteiger partial charge in [0.05, 0.1) is 5.56 Å². The first kappa shape index (κ1) is 17.1. The molecule has 126 valence electrons. The van der Waals surface area contributed by atoms with Crippen LogP contribution in [0.4, 0.5) is 14.9 Å². The van der Waals surface area contributed by atoms with E-state index in [4.69, 9.17) is 10.5 Å². The van der Waals surface area contributed by atoms with Crippen LogP contribution < -0.4 is 5.73 Å². The fourth-order valence-electron chi connectivity index (χ4n) is 2.30. The third-order valence-corrected chi connectivity index (χ3v) is 3.46. The van der Waals surface area contributed by atoms with Gasteiger partial charge in [-0.3, -0.25) is 4.79 Å². The first-order valence-electron chi connectivity index (χ1n) is 7.49. The summed E-state index contributed by atoms with van der Waals surface area (Å²) >= 11 is 0. The lowest BCUT2D eigenvalue weighted by Crippen LogP contribution is -2.51. The van der Waals surface area contributed by atoms with Gasteiger partial charge in [0.2, 0.25) is 0 Å². The summed E-state index contributed by atoms with van der Waals surface area (Å²) in [5.41, 5.74) is 5.58. The molecule has 1 fully saturated rings. The Morgan fingerprint density at radius 2 is 1.70 bits per heavy atom. The number of ether oxygens (including phenoxy) is 1. The molecular formula is C16H22FN3O3. The molecule has 0 aliphatic carbocycles. The molecule has 0 saturated carbocycles. The second-order valence-electron chi connectivity index (χ2n) is 6.49. The molecule has 1 saturated heterocycles. The molecule has 0 bridgehead atoms. The van der Waals surface area contributed by atoms with E-state index in [-0.39, 0.29) is 17.2 Å². The number of nitrogen functional groups attached to an aromatic ring is 1. The van der Waals surface area contributed by atoms with E-state index in [1.54, 1.807) is 30.6 Å². The number of nitrogens with zero attached hydrogens (tertiary/aromatic N) is 2. The molecule has 1 aromatic carbocycles. The molecule has 7 heteroatoms. The van der Waals surface area contributed by atoms with Crippen molar-refractivity contribution in [2.45, 2.75) is 26.4 Å². The molecule has 2 N–H and O–H groups in total. The Balaban J connectivity index is 1.97. The summed E-state index contributed by atoms with van der Waals surface area (Å²) in [7, 11) is 0. The van der Waals surface area contributed by atoms with E-state index >= 15 is 0 Å². The van der Waals surface area contributed by atoms with Crippen molar-refractivity contribution < 1.29 is 18.7 Å². The van der Waals surface area contributed by atoms with Crippen LogP contribution in [0.5, 0.6) is 0 Å². The molecule has 1 aromatic rings. The van der Waals surface area contributed by atoms with Crippen LogP contribution in [-0.2, 0) is 4.74 Å². The third-order valence-electron chi connectivity index (χ3n) is 3.46. The fraction of sp³-hybridized carbons (Fsp3) is 0.500. The third kappa shape index (κ3) is 4.34. The Hall–Kier alpha value is -2.31. The Morgan fingerprint density at radius 1 is 1.13 bits per heavy atom. The summed E-state index contributed by atoms with van der Waals surface area (Å²) in [6.45, 7) is 6.86. The molecule has 0 aromatic heterocycles. The van der Waals surface area contributed by atoms with E-state index in [0.717, 1.165) is 6.07 Å². The molecule has 2 rings (SSSR count). The standard InChI is InChI=1S/C16H22FN3O3/c1-16(2,3)23-15(22)20-8-6-19(7-9-20)14(21)12-10-11(17)4-5-13(12)18/h4-5,10H,6-9,18H2,1-3H3. The zero-order chi connectivity index (χ0) is 17.2. The Labute approximate surface area is 135 Å². The molecule has 6 nitrogen and oxygen atoms in total. The number of anilines is 1. The maximum absolute atomic E-state index is 13.3. The van der Waals surface area contributed by atoms with E-state index in [1.807, 2.05) is 0 Å². The lowest BCUT2D eigenvalue weighted by Gasteiger charge is -2.35. The maximum Gasteiger partial charge on any atom is 0.410 e. The number of rotatable bonds is 1. The predicted octanol–water partition coefficient (Wildman–Crippen LogP) is 2.10. The summed E-state index contributed by atoms with van der Waals surface area (Å²) in [5, 5.41) is 0. The average molecular weight is 323 g/mol. The lowest BCUT2D eigenvalue weighted by molar-refractivity contribution is 0.0141. The maximum atomic E-state index is 13.3. The van der Waals surface area contributed by atoms with E-state index in [2.05, 4.69) is 0 Å². The first-order chi connectivity index (χ1) is 10.7. The number of benzene rings is 1. The van der Waals surface area contributed by atoms with Gasteiger partial charge >= 0.3 is 6.09 Å². The highest BCUT2D eigenvalue weighted by Crippen LogP contribution is 2.18. The van der Waals surface area contributed by atoms with Gasteiger partial charge in [0.1, 0.15) is 11.4 Å². The topological polar surface area (TPSA) is 75.9 Å². The molecule has 0 spiro atoms. The van der Waals surface area contributed by atoms with Gasteiger partial charge in [-0.05, 0) is 39.0 Å². The lowest BCUT2D eigenvalue weighted by atomic mass is 10.1. The smallest absolute Gasteiger partial charge is 0.410 e. The van der Waals surface area contributed by atoms with Crippen LogP contribution in [0.25, 0.3) is 0 Å². The van der Waals surface area contributed by atoms with Gasteiger partial charge in [-0.1, -0.05) is 0 Å². The minimum absolute atomic E-state index is 0.149. The van der Waals surface area contributed by atoms with E-state index in [0.29, 0.717) is 26.2 Å². The van der Waals surface area contributed by atoms with Crippen LogP contribution in [0.15, 0.2) is 18.2 Å². The van der Waals surface area contributed by atoms with Crippen molar-refractivity contribution >= 4 is 17.7 Å². The monoisotopic (exact) mass is 323 g/mol. The number of amides is 2. The number of hydrogen-bond donors (Lipinski definition) is 1. The van der Waals surface area contributed by atoms with Crippen LogP contribution in [-0.4, -0.2) is 53.6 Å². The second-order valence-corrected chi connectivity index (χ2v) is 6.49. The largest absolute Gasteiger partial charge is 0.444 e. The van der Waals surface area contributed by atoms with Gasteiger partial charge in [-0.15, -0.1) is 0 Å². The highest BCUT2D eigenvalue weighted by atomic mass is 19.1. The van der Waals surface area contributed by atoms with E-state index < -0.39 is 17.5 Å². The van der Waals surface area contributed by atoms with Gasteiger partial charge in [0.15, 0.2) is 0 Å². The van der Waals surface area contributed by atoms with Crippen LogP contribution in [0.2, 0.25) is 0 Å². The Morgan fingerprint density at radius 3 is 2.26 bits per heavy atom. The van der Waals surface area contributed by atoms with Crippen molar-refractivity contribution in [1.29, 1.82) is 0 Å². The summed E-state index contributed by atoms with van der Waals surface area (Å²) in [6, 6.07) is 3.73. The molecule has 0 radical (unpaired) electrons. The molecule has 0 atom stereocenters. The summed E-state index contributed by atoms with van der Waals surface area (Å²) < 4.78 is 18.6. The van der Waals surface area contributed by atoms with Crippen molar-refractivity contribution in [3.05, 3.63) is 29.6 Å². The molecule has 1 aliphatic rings. The minimum atomic E-state index is -0.556. The summed E-state index contributed by atoms with van der Waals surface area (Å²) in [5.74, 6) is -0.833. The van der Waals surface area contributed by atoms with E-state index in [1.165, 1.54) is 12.1 Å². The number of carbonyl (C=O) groups is 2. The van der Waals surface area contributed by atoms with Crippen molar-refractivity contribution in [2.75, 3.05) is 31.9 Å². The Kier molecular flexibility index (Phi) is 4.77. The number of carbonyl (C=O) groups excluding carboxylic acids is 2. The molecule has 1 heterocycles. The van der Waals surface area contributed by atoms with Gasteiger partial charge in [-0.25, -0.2) is 9.18 Å². The zero-order valence-electron chi connectivity index (χ0n) is 13.6. The normalized spacial score (nSPS) is 15.5. The van der Waals surface area contributed by atoms with Crippen molar-refractivity contribution in [3.63, 3.8) is 0 Å². The SMILES string of the molecule is CC(C)(C)OC(=O)N1CCN(C(=O)c2cc(F)ccc2N)CC1. The zero-order valence-corrected chi connectivity index (χ0v) is 13.6. The van der Waals surface area contributed by atoms with Gasteiger partial charge in [-0.2, -0.15) is 0 Å². The van der Waals surface area contributed by atoms with Gasteiger partial charge < -0.3 is 20.3 Å². The van der Waals surface area contributed by atoms with Crippen LogP contribution >= 0.6 is 0 Å². The Bertz CT molecular complexity index is 605. The average Bonchev–Trinajstić information content (AvgIpc) is 2.47. The second kappa shape index (κ2) is 6.44. The van der Waals surface area contributed by atoms with Crippen molar-refractivity contribution in [3.8, 4) is 0 Å². The predicted molar refractivity (Wildman–Crippen MR) is 84.5 cm³/mol. The van der Waals surface area contributed by atoms with Crippen molar-refractivity contribution in [1.82, 2.24) is 9.80 Å². The highest BCUT2D eigenvalue weighted by Gasteiger charge is 2.28. The number of hydrogen-bond acceptors (Lipinski definition) is 4. The summed E-state index contributed by atoms with van der Waals surface area (Å²) in [6.07, 6.45) is -0.394. The summed E-state index contributed by atoms with van der Waals surface area (Å²) in [4.78, 5) is 27.5. The highest BCUT2D eigenvalue weighted by molar-refractivity contribution is 5.99. The number of halogens is 1. The minimum Gasteiger partial charge on any atom is -0.444 e. The van der Waals surface area contributed by atoms with Crippen LogP contribution in [0.3, 0.4) is 0 Å². The van der Waals surface area contributed by atoms with Gasteiger partial charge in [0.25, 0.3) is 5.91 Å². The number of piperazine rings is 1. The van der Waals surface area contributed by atoms with Crippen molar-refractivity contribution in [2.24, 2.45) is 0 Å². The molecule has 23 heavy (non-hydrogen) atoms. The molecule has 1 aliphatic heterocycles. The molecule has 2 amide bonds. The molecular weight excluding hydrogens is 301 g/mol.